The Balaban J connectivity index is 0.000000219. The van der Waals surface area contributed by atoms with E-state index < -0.39 is 10.8 Å². The summed E-state index contributed by atoms with van der Waals surface area (Å²) in [6.45, 7) is 10.3. The predicted octanol–water partition coefficient (Wildman–Crippen LogP) is 7.24. The standard InChI is InChI=1S/C29H36N2O5.C21H28N2O4/c1-3-35-28(33)29(15-18-30(19-16-29)20-21-36-24-8-5-4-6-9-24)14-7-17-31-26-22-25(34-2)12-10-23(26)11-13-27(31)32;1-3-27-20(25)21(10-12-22-13-11-21)9-4-14-23-18-15-17(26-2)7-5-16(18)6-8-19(23)24/h4-6,8-13,22H,3,7,14-21H2,1-2H3;5-8,15,22H,3-4,9-14H2,1-2H3. The van der Waals surface area contributed by atoms with Gasteiger partial charge in [0.25, 0.3) is 11.1 Å². The second-order valence-electron chi connectivity index (χ2n) is 16.5. The number of ether oxygens (including phenoxy) is 5. The van der Waals surface area contributed by atoms with E-state index in [2.05, 4.69) is 10.2 Å². The second-order valence-corrected chi connectivity index (χ2v) is 16.5. The van der Waals surface area contributed by atoms with E-state index in [4.69, 9.17) is 23.7 Å². The van der Waals surface area contributed by atoms with Gasteiger partial charge in [-0.25, -0.2) is 0 Å². The van der Waals surface area contributed by atoms with Crippen LogP contribution in [0.1, 0.15) is 65.2 Å². The Kier molecular flexibility index (Phi) is 16.8. The number of para-hydroxylation sites is 1. The number of piperidine rings is 2. The van der Waals surface area contributed by atoms with E-state index in [9.17, 15) is 19.2 Å². The van der Waals surface area contributed by atoms with Crippen LogP contribution in [0.2, 0.25) is 0 Å². The summed E-state index contributed by atoms with van der Waals surface area (Å²) in [7, 11) is 3.24. The van der Waals surface area contributed by atoms with E-state index >= 15 is 0 Å². The third kappa shape index (κ3) is 11.9. The number of carbonyl (C=O) groups excluding carboxylic acids is 2. The number of rotatable bonds is 18. The SMILES string of the molecule is CCOC(=O)C1(CCCn2c(=O)ccc3ccc(OC)cc32)CCN(CCOc2ccccc2)CC1.CCOC(=O)C1(CCCn2c(=O)ccc3ccc(OC)cc32)CCNCC1. The van der Waals surface area contributed by atoms with Gasteiger partial charge in [-0.2, -0.15) is 0 Å². The Hall–Kier alpha value is -5.66. The largest absolute Gasteiger partial charge is 0.497 e. The smallest absolute Gasteiger partial charge is 0.312 e. The molecule has 0 saturated carbocycles. The molecule has 3 aromatic carbocycles. The molecule has 13 nitrogen and oxygen atoms in total. The van der Waals surface area contributed by atoms with Crippen LogP contribution in [0.25, 0.3) is 21.8 Å². The molecule has 0 bridgehead atoms. The van der Waals surface area contributed by atoms with E-state index in [0.29, 0.717) is 51.5 Å². The predicted molar refractivity (Wildman–Crippen MR) is 246 cm³/mol. The number of nitrogens with one attached hydrogen (secondary N) is 1. The quantitative estimate of drug-likeness (QED) is 0.0893. The molecule has 0 amide bonds. The Morgan fingerprint density at radius 3 is 1.56 bits per heavy atom. The van der Waals surface area contributed by atoms with Gasteiger partial charge in [0.05, 0.1) is 49.3 Å². The minimum atomic E-state index is -0.515. The van der Waals surface area contributed by atoms with Gasteiger partial charge in [-0.3, -0.25) is 24.1 Å². The lowest BCUT2D eigenvalue weighted by atomic mass is 9.74. The summed E-state index contributed by atoms with van der Waals surface area (Å²) in [6, 6.07) is 28.2. The highest BCUT2D eigenvalue weighted by molar-refractivity contribution is 5.81. The average Bonchev–Trinajstić information content (AvgIpc) is 3.31. The number of hydrogen-bond acceptors (Lipinski definition) is 11. The van der Waals surface area contributed by atoms with Crippen LogP contribution in [0.4, 0.5) is 0 Å². The maximum absolute atomic E-state index is 13.1. The summed E-state index contributed by atoms with van der Waals surface area (Å²) >= 11 is 0. The van der Waals surface area contributed by atoms with Gasteiger partial charge in [0, 0.05) is 43.9 Å². The van der Waals surface area contributed by atoms with Crippen LogP contribution in [-0.2, 0) is 32.2 Å². The summed E-state index contributed by atoms with van der Waals surface area (Å²) in [5.74, 6) is 2.10. The van der Waals surface area contributed by atoms with E-state index in [1.54, 1.807) is 35.5 Å². The minimum Gasteiger partial charge on any atom is -0.497 e. The zero-order valence-corrected chi connectivity index (χ0v) is 37.4. The zero-order valence-electron chi connectivity index (χ0n) is 37.4. The van der Waals surface area contributed by atoms with E-state index in [1.807, 2.05) is 92.7 Å². The number of pyridine rings is 2. The molecule has 13 heteroatoms. The second kappa shape index (κ2) is 22.6. The molecule has 2 fully saturated rings. The first-order valence-corrected chi connectivity index (χ1v) is 22.4. The number of esters is 2. The van der Waals surface area contributed by atoms with Gasteiger partial charge in [0.15, 0.2) is 0 Å². The normalized spacial score (nSPS) is 15.8. The minimum absolute atomic E-state index is 0.0359. The number of carbonyl (C=O) groups is 2. The highest BCUT2D eigenvalue weighted by Gasteiger charge is 2.42. The van der Waals surface area contributed by atoms with Crippen LogP contribution in [0.3, 0.4) is 0 Å². The summed E-state index contributed by atoms with van der Waals surface area (Å²) in [5, 5.41) is 5.30. The fraction of sp³-hybridized carbons (Fsp3) is 0.480. The molecule has 0 spiro atoms. The first kappa shape index (κ1) is 46.8. The van der Waals surface area contributed by atoms with Crippen LogP contribution >= 0.6 is 0 Å². The highest BCUT2D eigenvalue weighted by atomic mass is 16.5. The molecule has 0 aliphatic carbocycles. The first-order chi connectivity index (χ1) is 30.6. The third-order valence-electron chi connectivity index (χ3n) is 12.7. The van der Waals surface area contributed by atoms with Gasteiger partial charge in [-0.05, 0) is 151 Å². The zero-order chi connectivity index (χ0) is 44.7. The summed E-state index contributed by atoms with van der Waals surface area (Å²) < 4.78 is 31.0. The van der Waals surface area contributed by atoms with Crippen LogP contribution in [0.15, 0.2) is 101 Å². The fourth-order valence-corrected chi connectivity index (χ4v) is 9.00. The average molecular weight is 865 g/mol. The van der Waals surface area contributed by atoms with Crippen molar-refractivity contribution in [3.63, 3.8) is 0 Å². The number of benzene rings is 3. The van der Waals surface area contributed by atoms with E-state index in [0.717, 1.165) is 105 Å². The van der Waals surface area contributed by atoms with Crippen LogP contribution in [0.5, 0.6) is 17.2 Å². The third-order valence-corrected chi connectivity index (χ3v) is 12.7. The molecule has 5 aromatic rings. The molecule has 2 aliphatic rings. The maximum Gasteiger partial charge on any atom is 0.312 e. The lowest BCUT2D eigenvalue weighted by Crippen LogP contribution is -2.46. The van der Waals surface area contributed by atoms with Crippen LogP contribution < -0.4 is 30.6 Å². The number of methoxy groups -OCH3 is 2. The van der Waals surface area contributed by atoms with Gasteiger partial charge in [0.2, 0.25) is 0 Å². The van der Waals surface area contributed by atoms with Crippen molar-refractivity contribution in [2.75, 3.05) is 66.8 Å². The van der Waals surface area contributed by atoms with Crippen LogP contribution in [-0.4, -0.2) is 92.7 Å². The highest BCUT2D eigenvalue weighted by Crippen LogP contribution is 2.38. The lowest BCUT2D eigenvalue weighted by molar-refractivity contribution is -0.159. The molecule has 2 saturated heterocycles. The Labute approximate surface area is 370 Å². The van der Waals surface area contributed by atoms with Crippen molar-refractivity contribution in [2.45, 2.75) is 78.3 Å². The van der Waals surface area contributed by atoms with Crippen molar-refractivity contribution in [1.29, 1.82) is 0 Å². The molecule has 4 heterocycles. The number of likely N-dealkylation sites (tertiary alicyclic amines) is 1. The molecule has 2 aromatic heterocycles. The molecule has 338 valence electrons. The molecule has 2 aliphatic heterocycles. The molecular formula is C50H64N4O9. The van der Waals surface area contributed by atoms with Crippen molar-refractivity contribution in [2.24, 2.45) is 10.8 Å². The molecule has 0 unspecified atom stereocenters. The molecule has 1 N–H and O–H groups in total. The number of aryl methyl sites for hydroxylation is 2. The van der Waals surface area contributed by atoms with Gasteiger partial charge >= 0.3 is 11.9 Å². The van der Waals surface area contributed by atoms with E-state index in [1.165, 1.54) is 0 Å². The summed E-state index contributed by atoms with van der Waals surface area (Å²) in [6.07, 6.45) is 5.92. The van der Waals surface area contributed by atoms with Gasteiger partial charge in [-0.1, -0.05) is 18.2 Å². The Morgan fingerprint density at radius 2 is 1.08 bits per heavy atom. The summed E-state index contributed by atoms with van der Waals surface area (Å²) in [4.78, 5) is 53.2. The number of hydrogen-bond donors (Lipinski definition) is 1. The Morgan fingerprint density at radius 1 is 0.603 bits per heavy atom. The van der Waals surface area contributed by atoms with Gasteiger partial charge in [-0.15, -0.1) is 0 Å². The molecule has 0 radical (unpaired) electrons. The van der Waals surface area contributed by atoms with Crippen molar-refractivity contribution < 1.29 is 33.3 Å². The lowest BCUT2D eigenvalue weighted by Gasteiger charge is -2.40. The number of fused-ring (bicyclic) bond motifs is 2. The van der Waals surface area contributed by atoms with Crippen molar-refractivity contribution in [3.8, 4) is 17.2 Å². The van der Waals surface area contributed by atoms with Crippen molar-refractivity contribution in [1.82, 2.24) is 19.4 Å². The first-order valence-electron chi connectivity index (χ1n) is 22.4. The molecular weight excluding hydrogens is 801 g/mol. The molecule has 7 rings (SSSR count). The topological polar surface area (TPSA) is 140 Å². The maximum atomic E-state index is 13.1. The van der Waals surface area contributed by atoms with Crippen molar-refractivity contribution >= 4 is 33.7 Å². The number of nitrogens with zero attached hydrogens (tertiary/aromatic N) is 3. The molecule has 0 atom stereocenters. The molecule has 63 heavy (non-hydrogen) atoms. The van der Waals surface area contributed by atoms with E-state index in [-0.39, 0.29) is 23.1 Å². The monoisotopic (exact) mass is 864 g/mol. The Bertz CT molecular complexity index is 2380. The number of aromatic nitrogens is 2. The van der Waals surface area contributed by atoms with Gasteiger partial charge in [0.1, 0.15) is 23.9 Å². The fourth-order valence-electron chi connectivity index (χ4n) is 9.00. The summed E-state index contributed by atoms with van der Waals surface area (Å²) in [5.41, 5.74) is 0.671. The van der Waals surface area contributed by atoms with Gasteiger partial charge < -0.3 is 38.1 Å². The van der Waals surface area contributed by atoms with Crippen molar-refractivity contribution in [3.05, 3.63) is 112 Å². The van der Waals surface area contributed by atoms with Crippen LogP contribution in [0, 0.1) is 10.8 Å².